The van der Waals surface area contributed by atoms with Gasteiger partial charge in [-0.3, -0.25) is 0 Å². The first kappa shape index (κ1) is 14.0. The van der Waals surface area contributed by atoms with Gasteiger partial charge in [-0.1, -0.05) is 41.0 Å². The van der Waals surface area contributed by atoms with Crippen molar-refractivity contribution in [1.29, 1.82) is 0 Å². The van der Waals surface area contributed by atoms with Crippen LogP contribution >= 0.6 is 0 Å². The third-order valence-corrected chi connectivity index (χ3v) is 4.49. The highest BCUT2D eigenvalue weighted by atomic mass is 15.1. The first-order chi connectivity index (χ1) is 7.47. The first-order valence-corrected chi connectivity index (χ1v) is 7.19. The molecule has 0 aliphatic carbocycles. The number of hydrogen-bond donors (Lipinski definition) is 0. The summed E-state index contributed by atoms with van der Waals surface area (Å²) in [4.78, 5) is 2.59. The normalized spacial score (nSPS) is 22.3. The molecule has 0 bridgehead atoms. The van der Waals surface area contributed by atoms with Gasteiger partial charge >= 0.3 is 0 Å². The van der Waals surface area contributed by atoms with E-state index in [-0.39, 0.29) is 0 Å². The Kier molecular flexibility index (Phi) is 5.30. The molecule has 16 heavy (non-hydrogen) atoms. The zero-order valence-electron chi connectivity index (χ0n) is 12.1. The third-order valence-electron chi connectivity index (χ3n) is 4.49. The number of rotatable bonds is 4. The Morgan fingerprint density at radius 1 is 1.12 bits per heavy atom. The minimum absolute atomic E-state index is 0.497. The number of piperidine rings is 1. The summed E-state index contributed by atoms with van der Waals surface area (Å²) >= 11 is 0. The van der Waals surface area contributed by atoms with Crippen LogP contribution in [0.2, 0.25) is 0 Å². The van der Waals surface area contributed by atoms with E-state index in [9.17, 15) is 0 Å². The van der Waals surface area contributed by atoms with Crippen molar-refractivity contribution in [3.05, 3.63) is 0 Å². The van der Waals surface area contributed by atoms with E-state index in [1.54, 1.807) is 0 Å². The maximum atomic E-state index is 2.59. The van der Waals surface area contributed by atoms with Crippen molar-refractivity contribution in [1.82, 2.24) is 4.90 Å². The van der Waals surface area contributed by atoms with Crippen LogP contribution in [0.3, 0.4) is 0 Å². The van der Waals surface area contributed by atoms with E-state index in [0.717, 1.165) is 11.8 Å². The first-order valence-electron chi connectivity index (χ1n) is 7.19. The zero-order chi connectivity index (χ0) is 12.2. The van der Waals surface area contributed by atoms with E-state index in [0.29, 0.717) is 5.41 Å². The lowest BCUT2D eigenvalue weighted by Gasteiger charge is -2.37. The zero-order valence-corrected chi connectivity index (χ0v) is 12.1. The van der Waals surface area contributed by atoms with Crippen molar-refractivity contribution in [3.63, 3.8) is 0 Å². The van der Waals surface area contributed by atoms with E-state index >= 15 is 0 Å². The van der Waals surface area contributed by atoms with Crippen molar-refractivity contribution >= 4 is 0 Å². The molecule has 1 unspecified atom stereocenters. The largest absolute Gasteiger partial charge is 0.304 e. The van der Waals surface area contributed by atoms with Gasteiger partial charge in [-0.05, 0) is 56.1 Å². The van der Waals surface area contributed by atoms with Gasteiger partial charge in [0.05, 0.1) is 0 Å². The summed E-state index contributed by atoms with van der Waals surface area (Å²) in [5.74, 6) is 1.90. The lowest BCUT2D eigenvalue weighted by molar-refractivity contribution is 0.133. The van der Waals surface area contributed by atoms with Crippen LogP contribution in [0, 0.1) is 17.3 Å². The fourth-order valence-electron chi connectivity index (χ4n) is 3.07. The van der Waals surface area contributed by atoms with Crippen LogP contribution < -0.4 is 0 Å². The van der Waals surface area contributed by atoms with E-state index in [4.69, 9.17) is 0 Å². The molecule has 0 radical (unpaired) electrons. The molecule has 1 heterocycles. The summed E-state index contributed by atoms with van der Waals surface area (Å²) in [7, 11) is 0. The molecule has 1 heteroatoms. The fourth-order valence-corrected chi connectivity index (χ4v) is 3.07. The highest BCUT2D eigenvalue weighted by Gasteiger charge is 2.27. The maximum Gasteiger partial charge on any atom is -0.00162 e. The predicted octanol–water partition coefficient (Wildman–Crippen LogP) is 4.18. The van der Waals surface area contributed by atoms with Gasteiger partial charge in [-0.2, -0.15) is 0 Å². The number of nitrogens with zero attached hydrogens (tertiary/aromatic N) is 1. The quantitative estimate of drug-likeness (QED) is 0.694. The fraction of sp³-hybridized carbons (Fsp3) is 1.00. The maximum absolute atomic E-state index is 2.59. The molecule has 0 N–H and O–H groups in total. The monoisotopic (exact) mass is 225 g/mol. The van der Waals surface area contributed by atoms with Crippen LogP contribution in [0.5, 0.6) is 0 Å². The molecule has 0 aromatic heterocycles. The average Bonchev–Trinajstić information content (AvgIpc) is 2.25. The van der Waals surface area contributed by atoms with E-state index in [1.807, 2.05) is 0 Å². The Morgan fingerprint density at radius 3 is 2.06 bits per heavy atom. The van der Waals surface area contributed by atoms with Gasteiger partial charge < -0.3 is 4.90 Å². The topological polar surface area (TPSA) is 3.24 Å². The Labute approximate surface area is 103 Å². The summed E-state index contributed by atoms with van der Waals surface area (Å²) in [6.45, 7) is 15.8. The molecule has 0 aromatic carbocycles. The van der Waals surface area contributed by atoms with Crippen LogP contribution in [0.4, 0.5) is 0 Å². The van der Waals surface area contributed by atoms with E-state index < -0.39 is 0 Å². The van der Waals surface area contributed by atoms with Crippen molar-refractivity contribution in [2.75, 3.05) is 19.6 Å². The Morgan fingerprint density at radius 2 is 1.69 bits per heavy atom. The van der Waals surface area contributed by atoms with Gasteiger partial charge in [0, 0.05) is 0 Å². The van der Waals surface area contributed by atoms with Gasteiger partial charge in [0.25, 0.3) is 0 Å². The second-order valence-corrected chi connectivity index (χ2v) is 6.58. The number of hydrogen-bond acceptors (Lipinski definition) is 1. The van der Waals surface area contributed by atoms with Crippen LogP contribution in [0.25, 0.3) is 0 Å². The molecular formula is C15H31N. The lowest BCUT2D eigenvalue weighted by atomic mass is 9.73. The summed E-state index contributed by atoms with van der Waals surface area (Å²) in [5.41, 5.74) is 0.497. The van der Waals surface area contributed by atoms with Crippen molar-refractivity contribution < 1.29 is 0 Å². The third kappa shape index (κ3) is 4.08. The number of likely N-dealkylation sites (tertiary alicyclic amines) is 1. The molecule has 1 atom stereocenters. The van der Waals surface area contributed by atoms with Gasteiger partial charge in [0.15, 0.2) is 0 Å². The Hall–Kier alpha value is -0.0400. The predicted molar refractivity (Wildman–Crippen MR) is 72.7 cm³/mol. The average molecular weight is 225 g/mol. The van der Waals surface area contributed by atoms with Crippen LogP contribution in [-0.2, 0) is 0 Å². The Balaban J connectivity index is 2.37. The van der Waals surface area contributed by atoms with Gasteiger partial charge in [0.1, 0.15) is 0 Å². The molecule has 0 amide bonds. The SMILES string of the molecule is CCC(CC1CCN(CC)CC1)C(C)(C)C. The standard InChI is InChI=1S/C15H31N/c1-6-14(15(3,4)5)12-13-8-10-16(7-2)11-9-13/h13-14H,6-12H2,1-5H3. The smallest absolute Gasteiger partial charge is 0.00162 e. The molecule has 0 aromatic rings. The molecule has 1 rings (SSSR count). The van der Waals surface area contributed by atoms with Crippen LogP contribution in [0.1, 0.15) is 60.3 Å². The summed E-state index contributed by atoms with van der Waals surface area (Å²) in [5, 5.41) is 0. The Bertz CT molecular complexity index is 184. The molecule has 0 spiro atoms. The molecular weight excluding hydrogens is 194 g/mol. The summed E-state index contributed by atoms with van der Waals surface area (Å²) in [6.07, 6.45) is 5.66. The molecule has 1 saturated heterocycles. The van der Waals surface area contributed by atoms with Gasteiger partial charge in [-0.25, -0.2) is 0 Å². The van der Waals surface area contributed by atoms with Crippen molar-refractivity contribution in [3.8, 4) is 0 Å². The minimum atomic E-state index is 0.497. The van der Waals surface area contributed by atoms with E-state index in [2.05, 4.69) is 39.5 Å². The lowest BCUT2D eigenvalue weighted by Crippen LogP contribution is -2.35. The highest BCUT2D eigenvalue weighted by Crippen LogP contribution is 2.36. The van der Waals surface area contributed by atoms with Crippen LogP contribution in [0.15, 0.2) is 0 Å². The molecule has 1 nitrogen and oxygen atoms in total. The summed E-state index contributed by atoms with van der Waals surface area (Å²) < 4.78 is 0. The summed E-state index contributed by atoms with van der Waals surface area (Å²) in [6, 6.07) is 0. The van der Waals surface area contributed by atoms with Gasteiger partial charge in [-0.15, -0.1) is 0 Å². The van der Waals surface area contributed by atoms with E-state index in [1.165, 1.54) is 45.3 Å². The second-order valence-electron chi connectivity index (χ2n) is 6.58. The van der Waals surface area contributed by atoms with Gasteiger partial charge in [0.2, 0.25) is 0 Å². The minimum Gasteiger partial charge on any atom is -0.304 e. The van der Waals surface area contributed by atoms with Crippen LogP contribution in [-0.4, -0.2) is 24.5 Å². The second kappa shape index (κ2) is 6.05. The highest BCUT2D eigenvalue weighted by molar-refractivity contribution is 4.79. The van der Waals surface area contributed by atoms with Crippen molar-refractivity contribution in [2.45, 2.75) is 60.3 Å². The molecule has 1 aliphatic rings. The van der Waals surface area contributed by atoms with Crippen molar-refractivity contribution in [2.24, 2.45) is 17.3 Å². The molecule has 1 fully saturated rings. The molecule has 96 valence electrons. The molecule has 1 aliphatic heterocycles. The molecule has 0 saturated carbocycles.